The molecule has 0 fully saturated rings. The predicted molar refractivity (Wildman–Crippen MR) is 64.9 cm³/mol. The summed E-state index contributed by atoms with van der Waals surface area (Å²) in [6, 6.07) is 3.53. The van der Waals surface area contributed by atoms with Crippen LogP contribution in [0.15, 0.2) is 16.5 Å². The third-order valence-corrected chi connectivity index (χ3v) is 2.47. The molecule has 0 spiro atoms. The Kier molecular flexibility index (Phi) is 5.72. The van der Waals surface area contributed by atoms with Gasteiger partial charge >= 0.3 is 0 Å². The first-order valence-corrected chi connectivity index (χ1v) is 5.79. The highest BCUT2D eigenvalue weighted by molar-refractivity contribution is 5.91. The van der Waals surface area contributed by atoms with Crippen molar-refractivity contribution in [1.82, 2.24) is 4.90 Å². The Morgan fingerprint density at radius 3 is 2.76 bits per heavy atom. The molecule has 1 rings (SSSR count). The molecule has 0 aliphatic heterocycles. The van der Waals surface area contributed by atoms with Gasteiger partial charge < -0.3 is 19.8 Å². The second-order valence-electron chi connectivity index (χ2n) is 3.69. The molecular formula is C12H20N2O3. The molecule has 2 N–H and O–H groups in total. The van der Waals surface area contributed by atoms with E-state index in [1.165, 1.54) is 0 Å². The number of amides is 1. The van der Waals surface area contributed by atoms with Gasteiger partial charge in [0.2, 0.25) is 0 Å². The average molecular weight is 240 g/mol. The fourth-order valence-electron chi connectivity index (χ4n) is 1.51. The van der Waals surface area contributed by atoms with Crippen LogP contribution in [0.4, 0.5) is 0 Å². The number of nitrogens with two attached hydrogens (primary N) is 1. The van der Waals surface area contributed by atoms with Gasteiger partial charge in [-0.15, -0.1) is 0 Å². The van der Waals surface area contributed by atoms with E-state index in [0.29, 0.717) is 32.0 Å². The van der Waals surface area contributed by atoms with Gasteiger partial charge in [0, 0.05) is 33.2 Å². The first kappa shape index (κ1) is 13.7. The smallest absolute Gasteiger partial charge is 0.289 e. The summed E-state index contributed by atoms with van der Waals surface area (Å²) in [7, 11) is 1.60. The molecule has 0 saturated heterocycles. The minimum atomic E-state index is -0.132. The lowest BCUT2D eigenvalue weighted by molar-refractivity contribution is 0.0669. The third kappa shape index (κ3) is 3.87. The van der Waals surface area contributed by atoms with E-state index >= 15 is 0 Å². The quantitative estimate of drug-likeness (QED) is 0.768. The number of carbonyl (C=O) groups is 1. The summed E-state index contributed by atoms with van der Waals surface area (Å²) in [5.74, 6) is 1.05. The van der Waals surface area contributed by atoms with Crippen molar-refractivity contribution in [2.75, 3.05) is 33.4 Å². The molecule has 0 saturated carbocycles. The lowest BCUT2D eigenvalue weighted by atomic mass is 10.3. The molecule has 1 aromatic rings. The summed E-state index contributed by atoms with van der Waals surface area (Å²) in [5, 5.41) is 0. The van der Waals surface area contributed by atoms with Gasteiger partial charge in [-0.05, 0) is 12.1 Å². The van der Waals surface area contributed by atoms with E-state index in [4.69, 9.17) is 14.9 Å². The van der Waals surface area contributed by atoms with Gasteiger partial charge in [0.1, 0.15) is 5.76 Å². The van der Waals surface area contributed by atoms with Crippen LogP contribution in [0.25, 0.3) is 0 Å². The zero-order valence-electron chi connectivity index (χ0n) is 10.4. The van der Waals surface area contributed by atoms with E-state index in [1.807, 2.05) is 13.0 Å². The first-order chi connectivity index (χ1) is 8.22. The van der Waals surface area contributed by atoms with Crippen LogP contribution in [0.5, 0.6) is 0 Å². The SMILES string of the molecule is CCc1ccc(C(=O)N(CCN)CCOC)o1. The van der Waals surface area contributed by atoms with Crippen molar-refractivity contribution in [3.8, 4) is 0 Å². The van der Waals surface area contributed by atoms with Crippen LogP contribution in [0, 0.1) is 0 Å². The summed E-state index contributed by atoms with van der Waals surface area (Å²) < 4.78 is 10.4. The summed E-state index contributed by atoms with van der Waals surface area (Å²) >= 11 is 0. The van der Waals surface area contributed by atoms with Gasteiger partial charge in [-0.1, -0.05) is 6.92 Å². The van der Waals surface area contributed by atoms with Crippen molar-refractivity contribution >= 4 is 5.91 Å². The van der Waals surface area contributed by atoms with Crippen molar-refractivity contribution in [2.45, 2.75) is 13.3 Å². The minimum absolute atomic E-state index is 0.132. The molecular weight excluding hydrogens is 220 g/mol. The number of nitrogens with zero attached hydrogens (tertiary/aromatic N) is 1. The molecule has 0 unspecified atom stereocenters. The van der Waals surface area contributed by atoms with Crippen LogP contribution in [0.3, 0.4) is 0 Å². The second kappa shape index (κ2) is 7.09. The maximum absolute atomic E-state index is 12.1. The zero-order chi connectivity index (χ0) is 12.7. The van der Waals surface area contributed by atoms with Gasteiger partial charge in [0.05, 0.1) is 6.61 Å². The van der Waals surface area contributed by atoms with Gasteiger partial charge in [-0.3, -0.25) is 4.79 Å². The average Bonchev–Trinajstić information content (AvgIpc) is 2.82. The molecule has 1 heterocycles. The summed E-state index contributed by atoms with van der Waals surface area (Å²) in [5.41, 5.74) is 5.48. The number of carbonyl (C=O) groups excluding carboxylic acids is 1. The molecule has 0 aromatic carbocycles. The summed E-state index contributed by atoms with van der Waals surface area (Å²) in [6.07, 6.45) is 0.780. The standard InChI is InChI=1S/C12H20N2O3/c1-3-10-4-5-11(17-10)12(15)14(7-6-13)8-9-16-2/h4-5H,3,6-9,13H2,1-2H3. The van der Waals surface area contributed by atoms with Crippen molar-refractivity contribution in [3.05, 3.63) is 23.7 Å². The van der Waals surface area contributed by atoms with Gasteiger partial charge in [0.15, 0.2) is 5.76 Å². The number of rotatable bonds is 7. The normalized spacial score (nSPS) is 10.5. The van der Waals surface area contributed by atoms with Gasteiger partial charge in [0.25, 0.3) is 5.91 Å². The number of ether oxygens (including phenoxy) is 1. The number of methoxy groups -OCH3 is 1. The van der Waals surface area contributed by atoms with Crippen LogP contribution < -0.4 is 5.73 Å². The molecule has 96 valence electrons. The summed E-state index contributed by atoms with van der Waals surface area (Å²) in [6.45, 7) is 3.93. The molecule has 0 radical (unpaired) electrons. The van der Waals surface area contributed by atoms with E-state index in [9.17, 15) is 4.79 Å². The topological polar surface area (TPSA) is 68.7 Å². The highest BCUT2D eigenvalue weighted by Crippen LogP contribution is 2.11. The Hall–Kier alpha value is -1.33. The van der Waals surface area contributed by atoms with Crippen molar-refractivity contribution in [2.24, 2.45) is 5.73 Å². The molecule has 5 heteroatoms. The molecule has 0 aliphatic carbocycles. The molecule has 5 nitrogen and oxygen atoms in total. The number of furan rings is 1. The molecule has 0 aliphatic rings. The fraction of sp³-hybridized carbons (Fsp3) is 0.583. The van der Waals surface area contributed by atoms with Crippen LogP contribution >= 0.6 is 0 Å². The Labute approximate surface area is 102 Å². The fourth-order valence-corrected chi connectivity index (χ4v) is 1.51. The Morgan fingerprint density at radius 1 is 1.47 bits per heavy atom. The highest BCUT2D eigenvalue weighted by Gasteiger charge is 2.18. The molecule has 1 amide bonds. The highest BCUT2D eigenvalue weighted by atomic mass is 16.5. The summed E-state index contributed by atoms with van der Waals surface area (Å²) in [4.78, 5) is 13.7. The monoisotopic (exact) mass is 240 g/mol. The second-order valence-corrected chi connectivity index (χ2v) is 3.69. The number of aryl methyl sites for hydroxylation is 1. The molecule has 0 atom stereocenters. The van der Waals surface area contributed by atoms with E-state index in [-0.39, 0.29) is 5.91 Å². The minimum Gasteiger partial charge on any atom is -0.456 e. The predicted octanol–water partition coefficient (Wildman–Crippen LogP) is 0.889. The van der Waals surface area contributed by atoms with Crippen LogP contribution in [-0.2, 0) is 11.2 Å². The van der Waals surface area contributed by atoms with Crippen molar-refractivity contribution in [3.63, 3.8) is 0 Å². The molecule has 0 bridgehead atoms. The van der Waals surface area contributed by atoms with Crippen molar-refractivity contribution < 1.29 is 13.9 Å². The van der Waals surface area contributed by atoms with Crippen LogP contribution in [-0.4, -0.2) is 44.2 Å². The zero-order valence-corrected chi connectivity index (χ0v) is 10.4. The van der Waals surface area contributed by atoms with Gasteiger partial charge in [-0.25, -0.2) is 0 Å². The Balaban J connectivity index is 2.68. The van der Waals surface area contributed by atoms with Crippen LogP contribution in [0.2, 0.25) is 0 Å². The number of hydrogen-bond acceptors (Lipinski definition) is 4. The molecule has 17 heavy (non-hydrogen) atoms. The van der Waals surface area contributed by atoms with E-state index in [2.05, 4.69) is 0 Å². The number of hydrogen-bond donors (Lipinski definition) is 1. The maximum Gasteiger partial charge on any atom is 0.289 e. The van der Waals surface area contributed by atoms with E-state index in [1.54, 1.807) is 18.1 Å². The Morgan fingerprint density at radius 2 is 2.24 bits per heavy atom. The van der Waals surface area contributed by atoms with Gasteiger partial charge in [-0.2, -0.15) is 0 Å². The Bertz CT molecular complexity index is 349. The first-order valence-electron chi connectivity index (χ1n) is 5.79. The lowest BCUT2D eigenvalue weighted by Gasteiger charge is -2.20. The largest absolute Gasteiger partial charge is 0.456 e. The van der Waals surface area contributed by atoms with E-state index < -0.39 is 0 Å². The lowest BCUT2D eigenvalue weighted by Crippen LogP contribution is -2.37. The maximum atomic E-state index is 12.1. The molecule has 1 aromatic heterocycles. The third-order valence-electron chi connectivity index (χ3n) is 2.47. The van der Waals surface area contributed by atoms with Crippen molar-refractivity contribution in [1.29, 1.82) is 0 Å². The van der Waals surface area contributed by atoms with E-state index in [0.717, 1.165) is 12.2 Å². The van der Waals surface area contributed by atoms with Crippen LogP contribution in [0.1, 0.15) is 23.2 Å².